The molecule has 1 aliphatic rings. The van der Waals surface area contributed by atoms with Gasteiger partial charge in [0.2, 0.25) is 0 Å². The zero-order valence-corrected chi connectivity index (χ0v) is 38.0. The van der Waals surface area contributed by atoms with Crippen LogP contribution in [0.15, 0.2) is 36.4 Å². The van der Waals surface area contributed by atoms with E-state index in [4.69, 9.17) is 19.7 Å². The first-order valence-corrected chi connectivity index (χ1v) is 27.2. The van der Waals surface area contributed by atoms with E-state index in [1.165, 1.54) is 46.5 Å². The standard InChI is InChI=1S/C27H42N2Si.C6H18NSi2.C4H8O.Y/c1-18(2)22-13-11-14-23(19(3)4)26(22)28-17-30(9,10)29-27-24(20(5)6)15-12-16-25(27)21(7)8;1-8(2,3)7-9(4,5)6;1-2-4-5-3-1;/h11-16,18-21H,17H2,1-10H3;1-6H3;1-4H2;/q-2;-1;;+3. The maximum Gasteiger partial charge on any atom is 3.00 e. The van der Waals surface area contributed by atoms with Gasteiger partial charge in [0.1, 0.15) is 0 Å². The Bertz CT molecular complexity index is 1050. The van der Waals surface area contributed by atoms with Gasteiger partial charge in [0.15, 0.2) is 0 Å². The van der Waals surface area contributed by atoms with E-state index in [0.717, 1.165) is 19.4 Å². The molecular weight excluding hydrogens is 676 g/mol. The van der Waals surface area contributed by atoms with E-state index in [9.17, 15) is 0 Å². The Kier molecular flexibility index (Phi) is 20.2. The van der Waals surface area contributed by atoms with Crippen LogP contribution < -0.4 is 0 Å². The van der Waals surface area contributed by atoms with Gasteiger partial charge >= 0.3 is 32.7 Å². The molecule has 0 aromatic heterocycles. The maximum absolute atomic E-state index is 5.44. The zero-order chi connectivity index (χ0) is 33.9. The van der Waals surface area contributed by atoms with Gasteiger partial charge in [-0.05, 0) is 36.5 Å². The van der Waals surface area contributed by atoms with Crippen LogP contribution in [0.2, 0.25) is 52.4 Å². The number of hydrogen-bond acceptors (Lipinski definition) is 1. The molecule has 2 aromatic carbocycles. The molecule has 0 bridgehead atoms. The Hall–Kier alpha value is -0.285. The van der Waals surface area contributed by atoms with Crippen molar-refractivity contribution in [3.05, 3.63) is 73.6 Å². The van der Waals surface area contributed by atoms with Crippen LogP contribution >= 0.6 is 0 Å². The second-order valence-electron chi connectivity index (χ2n) is 16.2. The molecule has 0 N–H and O–H groups in total. The van der Waals surface area contributed by atoms with Crippen LogP contribution in [0.1, 0.15) is 114 Å². The van der Waals surface area contributed by atoms with Crippen LogP contribution in [0.25, 0.3) is 14.9 Å². The summed E-state index contributed by atoms with van der Waals surface area (Å²) in [5.41, 5.74) is 7.89. The second-order valence-corrected chi connectivity index (χ2v) is 29.9. The minimum atomic E-state index is -1.94. The maximum atomic E-state index is 5.44. The minimum absolute atomic E-state index is 0. The number of para-hydroxylation sites is 1. The Labute approximate surface area is 308 Å². The molecule has 1 heterocycles. The van der Waals surface area contributed by atoms with Gasteiger partial charge in [0, 0.05) is 13.2 Å². The number of rotatable bonds is 11. The Morgan fingerprint density at radius 1 is 0.578 bits per heavy atom. The number of hydrogen-bond donors (Lipinski definition) is 0. The third kappa shape index (κ3) is 17.6. The minimum Gasteiger partial charge on any atom is -0.688 e. The third-order valence-corrected chi connectivity index (χ3v) is 14.3. The van der Waals surface area contributed by atoms with Crippen molar-refractivity contribution in [3.8, 4) is 0 Å². The Balaban J connectivity index is 0.00000106. The van der Waals surface area contributed by atoms with Crippen molar-refractivity contribution >= 4 is 36.1 Å². The molecule has 8 heteroatoms. The molecule has 0 radical (unpaired) electrons. The summed E-state index contributed by atoms with van der Waals surface area (Å²) in [6, 6.07) is 13.4. The summed E-state index contributed by atoms with van der Waals surface area (Å²) in [6.07, 6.45) is 3.38. The van der Waals surface area contributed by atoms with E-state index in [2.05, 4.69) is 144 Å². The predicted octanol–water partition coefficient (Wildman–Crippen LogP) is 13.5. The fraction of sp³-hybridized carbons (Fsp3) is 0.676. The Morgan fingerprint density at radius 2 is 0.911 bits per heavy atom. The molecule has 252 valence electrons. The molecule has 0 unspecified atom stereocenters. The number of benzene rings is 2. The molecule has 0 spiro atoms. The fourth-order valence-electron chi connectivity index (χ4n) is 5.46. The van der Waals surface area contributed by atoms with Crippen LogP contribution in [0.3, 0.4) is 0 Å². The molecular formula is C37H68N3OSi3Y. The van der Waals surface area contributed by atoms with E-state index >= 15 is 0 Å². The summed E-state index contributed by atoms with van der Waals surface area (Å²) in [6.45, 7) is 38.6. The molecule has 0 aliphatic carbocycles. The first-order chi connectivity index (χ1) is 20.1. The van der Waals surface area contributed by atoms with Crippen LogP contribution in [-0.4, -0.2) is 44.1 Å². The molecule has 1 fully saturated rings. The zero-order valence-electron chi connectivity index (χ0n) is 32.1. The monoisotopic (exact) mass is 743 g/mol. The van der Waals surface area contributed by atoms with Gasteiger partial charge in [-0.3, -0.25) is 0 Å². The fourth-order valence-corrected chi connectivity index (χ4v) is 15.0. The molecule has 0 amide bonds. The average molecular weight is 744 g/mol. The van der Waals surface area contributed by atoms with E-state index in [1.807, 2.05) is 0 Å². The second kappa shape index (κ2) is 20.3. The smallest absolute Gasteiger partial charge is 0.688 e. The quantitative estimate of drug-likeness (QED) is 0.211. The van der Waals surface area contributed by atoms with Gasteiger partial charge < -0.3 is 19.7 Å². The molecule has 1 aliphatic heterocycles. The summed E-state index contributed by atoms with van der Waals surface area (Å²) >= 11 is 0. The SMILES string of the molecule is C1CCOC1.CC(C)c1cccc(C(C)C)c1[N-]C[Si](C)(C)[N-]c1c(C(C)C)cccc1C(C)C.C[Si](C)(C)[N-][Si](C)(C)C.[Y+3]. The van der Waals surface area contributed by atoms with E-state index in [0.29, 0.717) is 23.7 Å². The average Bonchev–Trinajstić information content (AvgIpc) is 3.45. The summed E-state index contributed by atoms with van der Waals surface area (Å²) in [7, 11) is -4.15. The van der Waals surface area contributed by atoms with E-state index < -0.39 is 24.7 Å². The normalized spacial score (nSPS) is 13.7. The van der Waals surface area contributed by atoms with Gasteiger partial charge in [-0.1, -0.05) is 191 Å². The summed E-state index contributed by atoms with van der Waals surface area (Å²) in [5, 5.41) is 5.23. The molecule has 3 rings (SSSR count). The van der Waals surface area contributed by atoms with Gasteiger partial charge in [-0.2, -0.15) is 0 Å². The van der Waals surface area contributed by atoms with Gasteiger partial charge in [0.05, 0.1) is 0 Å². The van der Waals surface area contributed by atoms with Crippen molar-refractivity contribution in [1.29, 1.82) is 0 Å². The molecule has 0 atom stereocenters. The van der Waals surface area contributed by atoms with Crippen molar-refractivity contribution in [2.45, 2.75) is 144 Å². The first kappa shape index (κ1) is 44.7. The van der Waals surface area contributed by atoms with Gasteiger partial charge in [0.25, 0.3) is 0 Å². The molecule has 0 saturated carbocycles. The summed E-state index contributed by atoms with van der Waals surface area (Å²) < 4.78 is 9.76. The van der Waals surface area contributed by atoms with E-state index in [1.54, 1.807) is 0 Å². The van der Waals surface area contributed by atoms with Gasteiger partial charge in [-0.15, -0.1) is 17.5 Å². The van der Waals surface area contributed by atoms with Crippen molar-refractivity contribution < 1.29 is 37.4 Å². The number of nitrogens with zero attached hydrogens (tertiary/aromatic N) is 3. The third-order valence-electron chi connectivity index (χ3n) is 7.22. The number of ether oxygens (including phenoxy) is 1. The van der Waals surface area contributed by atoms with Crippen molar-refractivity contribution in [1.82, 2.24) is 0 Å². The van der Waals surface area contributed by atoms with Crippen LogP contribution in [0.4, 0.5) is 11.4 Å². The largest absolute Gasteiger partial charge is 3.00 e. The topological polar surface area (TPSA) is 51.5 Å². The van der Waals surface area contributed by atoms with Crippen LogP contribution in [0, 0.1) is 0 Å². The first-order valence-electron chi connectivity index (χ1n) is 17.1. The van der Waals surface area contributed by atoms with Gasteiger partial charge in [-0.25, -0.2) is 0 Å². The van der Waals surface area contributed by atoms with Crippen molar-refractivity contribution in [3.63, 3.8) is 0 Å². The van der Waals surface area contributed by atoms with Crippen molar-refractivity contribution in [2.24, 2.45) is 0 Å². The summed E-state index contributed by atoms with van der Waals surface area (Å²) in [4.78, 5) is 5.44. The molecule has 1 saturated heterocycles. The molecule has 45 heavy (non-hydrogen) atoms. The predicted molar refractivity (Wildman–Crippen MR) is 208 cm³/mol. The molecule has 4 nitrogen and oxygen atoms in total. The van der Waals surface area contributed by atoms with Crippen molar-refractivity contribution in [2.75, 3.05) is 19.4 Å². The van der Waals surface area contributed by atoms with Crippen LogP contribution in [0.5, 0.6) is 0 Å². The summed E-state index contributed by atoms with van der Waals surface area (Å²) in [5.74, 6) is 1.88. The Morgan fingerprint density at radius 3 is 1.16 bits per heavy atom. The van der Waals surface area contributed by atoms with E-state index in [-0.39, 0.29) is 32.7 Å². The van der Waals surface area contributed by atoms with Crippen LogP contribution in [-0.2, 0) is 37.4 Å². The molecule has 2 aromatic rings.